The molecule has 21 heavy (non-hydrogen) atoms. The number of rotatable bonds is 6. The number of carbonyl (C=O) groups is 1. The lowest BCUT2D eigenvalue weighted by molar-refractivity contribution is 0.0932. The summed E-state index contributed by atoms with van der Waals surface area (Å²) in [5.41, 5.74) is 3.23. The Hall–Kier alpha value is -1.22. The maximum Gasteiger partial charge on any atom is 0.251 e. The van der Waals surface area contributed by atoms with Gasteiger partial charge in [0.2, 0.25) is 0 Å². The van der Waals surface area contributed by atoms with Crippen molar-refractivity contribution in [3.05, 3.63) is 29.3 Å². The first kappa shape index (κ1) is 17.8. The van der Waals surface area contributed by atoms with Crippen LogP contribution in [0, 0.1) is 0 Å². The number of aryl methyl sites for hydroxylation is 1. The van der Waals surface area contributed by atoms with Crippen molar-refractivity contribution in [2.24, 2.45) is 0 Å². The monoisotopic (exact) mass is 310 g/mol. The van der Waals surface area contributed by atoms with E-state index in [1.54, 1.807) is 0 Å². The molecule has 0 aromatic heterocycles. The van der Waals surface area contributed by atoms with Crippen molar-refractivity contribution >= 4 is 24.0 Å². The predicted molar refractivity (Wildman–Crippen MR) is 91.6 cm³/mol. The summed E-state index contributed by atoms with van der Waals surface area (Å²) in [5.74, 6) is 0.0621. The maximum absolute atomic E-state index is 12.4. The van der Waals surface area contributed by atoms with Crippen LogP contribution in [0.1, 0.15) is 61.9 Å². The van der Waals surface area contributed by atoms with Gasteiger partial charge in [-0.05, 0) is 43.4 Å². The number of halogens is 1. The first-order chi connectivity index (χ1) is 9.74. The molecule has 118 valence electrons. The van der Waals surface area contributed by atoms with Gasteiger partial charge in [-0.25, -0.2) is 0 Å². The van der Waals surface area contributed by atoms with Crippen molar-refractivity contribution in [2.45, 2.75) is 58.4 Å². The van der Waals surface area contributed by atoms with Crippen molar-refractivity contribution in [1.29, 1.82) is 0 Å². The SMILES string of the molecule is CCCC(CCC)NC(=O)c1ccc2c(c1)NCCC2.Cl. The summed E-state index contributed by atoms with van der Waals surface area (Å²) < 4.78 is 0. The molecule has 4 heteroatoms. The molecule has 0 spiro atoms. The van der Waals surface area contributed by atoms with E-state index in [9.17, 15) is 4.79 Å². The van der Waals surface area contributed by atoms with Crippen LogP contribution in [-0.4, -0.2) is 18.5 Å². The predicted octanol–water partition coefficient (Wildman–Crippen LogP) is 4.17. The standard InChI is InChI=1S/C17H26N2O.ClH/c1-3-6-15(7-4-2)19-17(20)14-10-9-13-8-5-11-18-16(13)12-14;/h9-10,12,15,18H,3-8,11H2,1-2H3,(H,19,20);1H. The maximum atomic E-state index is 12.4. The molecule has 3 nitrogen and oxygen atoms in total. The second-order valence-electron chi connectivity index (χ2n) is 5.65. The highest BCUT2D eigenvalue weighted by Crippen LogP contribution is 2.23. The van der Waals surface area contributed by atoms with Gasteiger partial charge in [-0.1, -0.05) is 32.8 Å². The van der Waals surface area contributed by atoms with Crippen LogP contribution in [0.3, 0.4) is 0 Å². The molecule has 1 amide bonds. The molecule has 1 aromatic carbocycles. The largest absolute Gasteiger partial charge is 0.385 e. The van der Waals surface area contributed by atoms with Gasteiger partial charge in [-0.2, -0.15) is 0 Å². The fraction of sp³-hybridized carbons (Fsp3) is 0.588. The number of nitrogens with one attached hydrogen (secondary N) is 2. The minimum absolute atomic E-state index is 0. The molecular formula is C17H27ClN2O. The summed E-state index contributed by atoms with van der Waals surface area (Å²) >= 11 is 0. The molecule has 0 fully saturated rings. The Bertz CT molecular complexity index is 456. The van der Waals surface area contributed by atoms with Gasteiger partial charge in [0.15, 0.2) is 0 Å². The van der Waals surface area contributed by atoms with Crippen LogP contribution >= 0.6 is 12.4 Å². The van der Waals surface area contributed by atoms with E-state index < -0.39 is 0 Å². The zero-order valence-electron chi connectivity index (χ0n) is 13.1. The first-order valence-corrected chi connectivity index (χ1v) is 7.92. The average Bonchev–Trinajstić information content (AvgIpc) is 2.47. The van der Waals surface area contributed by atoms with Crippen LogP contribution in [0.5, 0.6) is 0 Å². The van der Waals surface area contributed by atoms with Gasteiger partial charge in [0.25, 0.3) is 5.91 Å². The minimum Gasteiger partial charge on any atom is -0.385 e. The molecule has 1 aliphatic heterocycles. The number of hydrogen-bond donors (Lipinski definition) is 2. The molecule has 1 aromatic rings. The van der Waals surface area contributed by atoms with Crippen LogP contribution in [-0.2, 0) is 6.42 Å². The molecule has 0 bridgehead atoms. The lowest BCUT2D eigenvalue weighted by Gasteiger charge is -2.20. The molecule has 0 saturated heterocycles. The number of benzene rings is 1. The Labute approximate surface area is 134 Å². The second kappa shape index (κ2) is 8.93. The van der Waals surface area contributed by atoms with Gasteiger partial charge < -0.3 is 10.6 Å². The van der Waals surface area contributed by atoms with Gasteiger partial charge in [0.05, 0.1) is 0 Å². The van der Waals surface area contributed by atoms with Crippen molar-refractivity contribution in [1.82, 2.24) is 5.32 Å². The topological polar surface area (TPSA) is 41.1 Å². The Morgan fingerprint density at radius 3 is 2.67 bits per heavy atom. The molecule has 1 heterocycles. The molecule has 0 unspecified atom stereocenters. The van der Waals surface area contributed by atoms with Crippen LogP contribution in [0.15, 0.2) is 18.2 Å². The smallest absolute Gasteiger partial charge is 0.251 e. The molecule has 0 atom stereocenters. The van der Waals surface area contributed by atoms with Gasteiger partial charge in [-0.15, -0.1) is 12.4 Å². The third-order valence-electron chi connectivity index (χ3n) is 3.92. The second-order valence-corrected chi connectivity index (χ2v) is 5.65. The molecule has 0 aliphatic carbocycles. The van der Waals surface area contributed by atoms with E-state index in [2.05, 4.69) is 30.5 Å². The highest BCUT2D eigenvalue weighted by molar-refractivity contribution is 5.95. The van der Waals surface area contributed by atoms with Crippen molar-refractivity contribution in [3.63, 3.8) is 0 Å². The number of anilines is 1. The number of amides is 1. The van der Waals surface area contributed by atoms with Gasteiger partial charge >= 0.3 is 0 Å². The van der Waals surface area contributed by atoms with Crippen LogP contribution < -0.4 is 10.6 Å². The van der Waals surface area contributed by atoms with E-state index in [0.717, 1.165) is 49.9 Å². The Kier molecular flexibility index (Phi) is 7.58. The Morgan fingerprint density at radius 2 is 2.00 bits per heavy atom. The molecule has 0 saturated carbocycles. The Balaban J connectivity index is 0.00000220. The van der Waals surface area contributed by atoms with Crippen LogP contribution in [0.25, 0.3) is 0 Å². The number of fused-ring (bicyclic) bond motifs is 1. The zero-order valence-corrected chi connectivity index (χ0v) is 13.9. The summed E-state index contributed by atoms with van der Waals surface area (Å²) in [6, 6.07) is 6.35. The molecule has 2 rings (SSSR count). The van der Waals surface area contributed by atoms with Gasteiger partial charge in [-0.3, -0.25) is 4.79 Å². The first-order valence-electron chi connectivity index (χ1n) is 7.92. The number of carbonyl (C=O) groups excluding carboxylic acids is 1. The van der Waals surface area contributed by atoms with Crippen LogP contribution in [0.2, 0.25) is 0 Å². The normalized spacial score (nSPS) is 13.1. The van der Waals surface area contributed by atoms with E-state index in [4.69, 9.17) is 0 Å². The van der Waals surface area contributed by atoms with E-state index in [0.29, 0.717) is 6.04 Å². The number of hydrogen-bond acceptors (Lipinski definition) is 2. The molecular weight excluding hydrogens is 284 g/mol. The lowest BCUT2D eigenvalue weighted by atomic mass is 10.0. The van der Waals surface area contributed by atoms with E-state index in [-0.39, 0.29) is 18.3 Å². The molecule has 0 radical (unpaired) electrons. The highest BCUT2D eigenvalue weighted by Gasteiger charge is 2.15. The van der Waals surface area contributed by atoms with Crippen molar-refractivity contribution < 1.29 is 4.79 Å². The minimum atomic E-state index is 0. The van der Waals surface area contributed by atoms with Crippen molar-refractivity contribution in [2.75, 3.05) is 11.9 Å². The molecule has 2 N–H and O–H groups in total. The van der Waals surface area contributed by atoms with Gasteiger partial charge in [0, 0.05) is 23.8 Å². The summed E-state index contributed by atoms with van der Waals surface area (Å²) in [5, 5.41) is 6.56. The summed E-state index contributed by atoms with van der Waals surface area (Å²) in [6.07, 6.45) is 6.62. The van der Waals surface area contributed by atoms with Gasteiger partial charge in [0.1, 0.15) is 0 Å². The third kappa shape index (κ3) is 4.92. The van der Waals surface area contributed by atoms with Crippen molar-refractivity contribution in [3.8, 4) is 0 Å². The highest BCUT2D eigenvalue weighted by atomic mass is 35.5. The van der Waals surface area contributed by atoms with E-state index >= 15 is 0 Å². The Morgan fingerprint density at radius 1 is 1.29 bits per heavy atom. The summed E-state index contributed by atoms with van der Waals surface area (Å²) in [4.78, 5) is 12.4. The van der Waals surface area contributed by atoms with E-state index in [1.807, 2.05) is 12.1 Å². The summed E-state index contributed by atoms with van der Waals surface area (Å²) in [6.45, 7) is 5.33. The average molecular weight is 311 g/mol. The zero-order chi connectivity index (χ0) is 14.4. The summed E-state index contributed by atoms with van der Waals surface area (Å²) in [7, 11) is 0. The third-order valence-corrected chi connectivity index (χ3v) is 3.92. The fourth-order valence-corrected chi connectivity index (χ4v) is 2.86. The molecule has 1 aliphatic rings. The lowest BCUT2D eigenvalue weighted by Crippen LogP contribution is -2.34. The van der Waals surface area contributed by atoms with E-state index in [1.165, 1.54) is 12.0 Å². The van der Waals surface area contributed by atoms with Crippen LogP contribution in [0.4, 0.5) is 5.69 Å². The fourth-order valence-electron chi connectivity index (χ4n) is 2.86. The quantitative estimate of drug-likeness (QED) is 0.828.